The minimum Gasteiger partial charge on any atom is -0.329 e. The molecule has 0 radical (unpaired) electrons. The summed E-state index contributed by atoms with van der Waals surface area (Å²) in [4.78, 5) is 2.25. The van der Waals surface area contributed by atoms with E-state index >= 15 is 0 Å². The summed E-state index contributed by atoms with van der Waals surface area (Å²) in [6, 6.07) is 5.32. The lowest BCUT2D eigenvalue weighted by atomic mass is 10.0. The zero-order chi connectivity index (χ0) is 13.7. The number of hydrogen-bond acceptors (Lipinski definition) is 2. The second kappa shape index (κ2) is 7.22. The molecule has 0 heterocycles. The van der Waals surface area contributed by atoms with Gasteiger partial charge in [0.2, 0.25) is 0 Å². The van der Waals surface area contributed by atoms with Gasteiger partial charge in [-0.25, -0.2) is 4.39 Å². The minimum atomic E-state index is -0.185. The molecule has 0 spiro atoms. The van der Waals surface area contributed by atoms with Crippen molar-refractivity contribution in [2.75, 3.05) is 13.1 Å². The average Bonchev–Trinajstić information content (AvgIpc) is 2.33. The second-order valence-electron chi connectivity index (χ2n) is 4.75. The van der Waals surface area contributed by atoms with Gasteiger partial charge in [0.15, 0.2) is 0 Å². The summed E-state index contributed by atoms with van der Waals surface area (Å²) in [5, 5.41) is 0. The lowest BCUT2D eigenvalue weighted by molar-refractivity contribution is 0.154. The number of nitrogens with two attached hydrogens (primary N) is 1. The van der Waals surface area contributed by atoms with Crippen molar-refractivity contribution in [3.05, 3.63) is 34.1 Å². The van der Waals surface area contributed by atoms with E-state index in [2.05, 4.69) is 41.6 Å². The van der Waals surface area contributed by atoms with Crippen molar-refractivity contribution in [1.29, 1.82) is 0 Å². The largest absolute Gasteiger partial charge is 0.329 e. The van der Waals surface area contributed by atoms with Crippen molar-refractivity contribution in [3.8, 4) is 0 Å². The predicted octanol–water partition coefficient (Wildman–Crippen LogP) is 3.71. The number of benzene rings is 1. The summed E-state index contributed by atoms with van der Waals surface area (Å²) < 4.78 is 14.9. The molecule has 2 N–H and O–H groups in total. The third-order valence-corrected chi connectivity index (χ3v) is 3.58. The van der Waals surface area contributed by atoms with Crippen molar-refractivity contribution in [2.45, 2.75) is 39.3 Å². The number of rotatable bonds is 6. The van der Waals surface area contributed by atoms with Gasteiger partial charge in [0.1, 0.15) is 5.82 Å². The first-order chi connectivity index (χ1) is 8.51. The molecule has 0 aromatic heterocycles. The lowest BCUT2D eigenvalue weighted by Crippen LogP contribution is -2.39. The third-order valence-electron chi connectivity index (χ3n) is 3.09. The van der Waals surface area contributed by atoms with Gasteiger partial charge >= 0.3 is 0 Å². The van der Waals surface area contributed by atoms with Gasteiger partial charge in [-0.2, -0.15) is 0 Å². The highest BCUT2D eigenvalue weighted by atomic mass is 79.9. The molecular formula is C14H22BrFN2. The van der Waals surface area contributed by atoms with E-state index in [0.29, 0.717) is 18.2 Å². The Balaban J connectivity index is 3.10. The molecule has 0 aliphatic heterocycles. The lowest BCUT2D eigenvalue weighted by Gasteiger charge is -2.34. The number of nitrogens with zero attached hydrogens (tertiary/aromatic N) is 1. The normalized spacial score (nSPS) is 13.3. The van der Waals surface area contributed by atoms with E-state index in [0.717, 1.165) is 17.4 Å². The highest BCUT2D eigenvalue weighted by Gasteiger charge is 2.23. The fraction of sp³-hybridized carbons (Fsp3) is 0.571. The van der Waals surface area contributed by atoms with Crippen LogP contribution in [0.15, 0.2) is 22.7 Å². The summed E-state index contributed by atoms with van der Waals surface area (Å²) in [5.41, 5.74) is 6.54. The van der Waals surface area contributed by atoms with Crippen LogP contribution in [0.3, 0.4) is 0 Å². The second-order valence-corrected chi connectivity index (χ2v) is 5.66. The van der Waals surface area contributed by atoms with Crippen molar-refractivity contribution in [3.63, 3.8) is 0 Å². The molecular weight excluding hydrogens is 295 g/mol. The van der Waals surface area contributed by atoms with Crippen LogP contribution in [0.1, 0.15) is 38.8 Å². The maximum absolute atomic E-state index is 14.0. The van der Waals surface area contributed by atoms with E-state index in [9.17, 15) is 4.39 Å². The van der Waals surface area contributed by atoms with Gasteiger partial charge in [-0.15, -0.1) is 0 Å². The first-order valence-corrected chi connectivity index (χ1v) is 7.21. The molecule has 4 heteroatoms. The standard InChI is InChI=1S/C14H22BrFN2/c1-4-7-18(10(2)3)14(9-17)12-8-11(15)5-6-13(12)16/h5-6,8,10,14H,4,7,9,17H2,1-3H3. The van der Waals surface area contributed by atoms with Gasteiger partial charge in [0.05, 0.1) is 6.04 Å². The van der Waals surface area contributed by atoms with E-state index in [-0.39, 0.29) is 11.9 Å². The van der Waals surface area contributed by atoms with Gasteiger partial charge in [-0.1, -0.05) is 22.9 Å². The molecule has 1 unspecified atom stereocenters. The maximum Gasteiger partial charge on any atom is 0.128 e. The molecule has 102 valence electrons. The maximum atomic E-state index is 14.0. The summed E-state index contributed by atoms with van der Waals surface area (Å²) in [6.07, 6.45) is 1.03. The fourth-order valence-electron chi connectivity index (χ4n) is 2.24. The molecule has 1 aromatic rings. The molecule has 0 saturated carbocycles. The summed E-state index contributed by atoms with van der Waals surface area (Å²) in [6.45, 7) is 7.71. The van der Waals surface area contributed by atoms with Crippen LogP contribution in [-0.4, -0.2) is 24.0 Å². The Morgan fingerprint density at radius 3 is 2.56 bits per heavy atom. The Bertz CT molecular complexity index is 382. The minimum absolute atomic E-state index is 0.0672. The molecule has 1 rings (SSSR count). The molecule has 18 heavy (non-hydrogen) atoms. The smallest absolute Gasteiger partial charge is 0.128 e. The summed E-state index contributed by atoms with van der Waals surface area (Å²) >= 11 is 3.39. The molecule has 0 amide bonds. The molecule has 2 nitrogen and oxygen atoms in total. The Morgan fingerprint density at radius 2 is 2.06 bits per heavy atom. The van der Waals surface area contributed by atoms with Crippen LogP contribution in [0.4, 0.5) is 4.39 Å². The first kappa shape index (κ1) is 15.6. The number of halogens is 2. The molecule has 1 aromatic carbocycles. The van der Waals surface area contributed by atoms with Crippen LogP contribution >= 0.6 is 15.9 Å². The van der Waals surface area contributed by atoms with E-state index in [1.54, 1.807) is 6.07 Å². The van der Waals surface area contributed by atoms with Crippen LogP contribution in [0.5, 0.6) is 0 Å². The first-order valence-electron chi connectivity index (χ1n) is 6.42. The topological polar surface area (TPSA) is 29.3 Å². The van der Waals surface area contributed by atoms with Gasteiger partial charge in [-0.3, -0.25) is 4.90 Å². The fourth-order valence-corrected chi connectivity index (χ4v) is 2.62. The van der Waals surface area contributed by atoms with Gasteiger partial charge in [0, 0.05) is 22.6 Å². The zero-order valence-electron chi connectivity index (χ0n) is 11.3. The van der Waals surface area contributed by atoms with E-state index in [1.807, 2.05) is 6.07 Å². The summed E-state index contributed by atoms with van der Waals surface area (Å²) in [7, 11) is 0. The molecule has 0 fully saturated rings. The van der Waals surface area contributed by atoms with E-state index < -0.39 is 0 Å². The van der Waals surface area contributed by atoms with Crippen molar-refractivity contribution in [1.82, 2.24) is 4.90 Å². The molecule has 0 aliphatic carbocycles. The predicted molar refractivity (Wildman–Crippen MR) is 78.0 cm³/mol. The molecule has 1 atom stereocenters. The van der Waals surface area contributed by atoms with Gasteiger partial charge in [-0.05, 0) is 45.0 Å². The highest BCUT2D eigenvalue weighted by molar-refractivity contribution is 9.10. The van der Waals surface area contributed by atoms with Crippen LogP contribution < -0.4 is 5.73 Å². The summed E-state index contributed by atoms with van der Waals surface area (Å²) in [5.74, 6) is -0.185. The van der Waals surface area contributed by atoms with Gasteiger partial charge < -0.3 is 5.73 Å². The van der Waals surface area contributed by atoms with Crippen LogP contribution in [0.25, 0.3) is 0 Å². The van der Waals surface area contributed by atoms with Crippen LogP contribution in [0.2, 0.25) is 0 Å². The Kier molecular flexibility index (Phi) is 6.26. The molecule has 0 saturated heterocycles. The highest BCUT2D eigenvalue weighted by Crippen LogP contribution is 2.27. The third kappa shape index (κ3) is 3.77. The van der Waals surface area contributed by atoms with Crippen LogP contribution in [-0.2, 0) is 0 Å². The quantitative estimate of drug-likeness (QED) is 0.867. The molecule has 0 aliphatic rings. The van der Waals surface area contributed by atoms with Crippen molar-refractivity contribution in [2.24, 2.45) is 5.73 Å². The Morgan fingerprint density at radius 1 is 1.39 bits per heavy atom. The zero-order valence-corrected chi connectivity index (χ0v) is 12.9. The van der Waals surface area contributed by atoms with E-state index in [4.69, 9.17) is 5.73 Å². The number of hydrogen-bond donors (Lipinski definition) is 1. The van der Waals surface area contributed by atoms with Crippen LogP contribution in [0, 0.1) is 5.82 Å². The van der Waals surface area contributed by atoms with Crippen molar-refractivity contribution >= 4 is 15.9 Å². The van der Waals surface area contributed by atoms with Gasteiger partial charge in [0.25, 0.3) is 0 Å². The Labute approximate surface area is 117 Å². The monoisotopic (exact) mass is 316 g/mol. The Hall–Kier alpha value is -0.450. The SMILES string of the molecule is CCCN(C(C)C)C(CN)c1cc(Br)ccc1F. The van der Waals surface area contributed by atoms with Crippen molar-refractivity contribution < 1.29 is 4.39 Å². The van der Waals surface area contributed by atoms with E-state index in [1.165, 1.54) is 6.07 Å². The average molecular weight is 317 g/mol. The molecule has 0 bridgehead atoms.